The topological polar surface area (TPSA) is 68.0 Å². The number of ether oxygens (including phenoxy) is 2. The smallest absolute Gasteiger partial charge is 0.242 e. The van der Waals surface area contributed by atoms with E-state index in [4.69, 9.17) is 26.3 Å². The summed E-state index contributed by atoms with van der Waals surface area (Å²) in [5.74, 6) is 1.38. The fourth-order valence-electron chi connectivity index (χ4n) is 1.41. The van der Waals surface area contributed by atoms with E-state index in [0.717, 1.165) is 0 Å². The van der Waals surface area contributed by atoms with Crippen LogP contribution >= 0.6 is 23.4 Å². The summed E-state index contributed by atoms with van der Waals surface area (Å²) in [6.45, 7) is 0. The number of thioether (sulfide) groups is 1. The first kappa shape index (κ1) is 14.4. The van der Waals surface area contributed by atoms with Gasteiger partial charge in [0.05, 0.1) is 7.11 Å². The summed E-state index contributed by atoms with van der Waals surface area (Å²) in [5.41, 5.74) is 0.111. The summed E-state index contributed by atoms with van der Waals surface area (Å²) in [7, 11) is 1.58. The molecule has 0 aliphatic heterocycles. The molecule has 20 heavy (non-hydrogen) atoms. The number of halogens is 1. The van der Waals surface area contributed by atoms with Crippen LogP contribution in [0.1, 0.15) is 5.56 Å². The minimum Gasteiger partial charge on any atom is -0.497 e. The van der Waals surface area contributed by atoms with E-state index < -0.39 is 0 Å². The average Bonchev–Trinajstić information content (AvgIpc) is 2.47. The van der Waals surface area contributed by atoms with Crippen molar-refractivity contribution in [2.75, 3.05) is 13.4 Å². The number of hydrogen-bond acceptors (Lipinski definition) is 6. The molecule has 0 saturated heterocycles. The van der Waals surface area contributed by atoms with Crippen LogP contribution in [-0.2, 0) is 0 Å². The second-order valence-electron chi connectivity index (χ2n) is 3.57. The lowest BCUT2D eigenvalue weighted by Gasteiger charge is -2.08. The molecule has 0 N–H and O–H groups in total. The average molecular weight is 308 g/mol. The molecule has 0 amide bonds. The van der Waals surface area contributed by atoms with Crippen molar-refractivity contribution in [1.29, 1.82) is 5.26 Å². The van der Waals surface area contributed by atoms with Crippen molar-refractivity contribution >= 4 is 23.4 Å². The monoisotopic (exact) mass is 307 g/mol. The Balaban J connectivity index is 2.36. The highest BCUT2D eigenvalue weighted by atomic mass is 35.5. The fourth-order valence-corrected chi connectivity index (χ4v) is 2.02. The molecule has 0 fully saturated rings. The van der Waals surface area contributed by atoms with Gasteiger partial charge in [0.2, 0.25) is 5.88 Å². The summed E-state index contributed by atoms with van der Waals surface area (Å²) in [6.07, 6.45) is 1.81. The van der Waals surface area contributed by atoms with Crippen LogP contribution in [0.5, 0.6) is 17.4 Å². The highest BCUT2D eigenvalue weighted by Crippen LogP contribution is 2.29. The Labute approximate surface area is 125 Å². The van der Waals surface area contributed by atoms with E-state index in [0.29, 0.717) is 16.7 Å². The van der Waals surface area contributed by atoms with Gasteiger partial charge in [-0.05, 0) is 30.5 Å². The van der Waals surface area contributed by atoms with Gasteiger partial charge in [-0.2, -0.15) is 10.2 Å². The zero-order valence-electron chi connectivity index (χ0n) is 10.8. The Kier molecular flexibility index (Phi) is 4.66. The molecule has 0 atom stereocenters. The molecule has 7 heteroatoms. The van der Waals surface area contributed by atoms with Crippen molar-refractivity contribution in [2.45, 2.75) is 5.16 Å². The van der Waals surface area contributed by atoms with E-state index >= 15 is 0 Å². The summed E-state index contributed by atoms with van der Waals surface area (Å²) in [6, 6.07) is 8.88. The van der Waals surface area contributed by atoms with Crippen molar-refractivity contribution in [3.05, 3.63) is 35.0 Å². The maximum absolute atomic E-state index is 9.10. The molecule has 2 rings (SSSR count). The Morgan fingerprint density at radius 1 is 1.20 bits per heavy atom. The Hall–Kier alpha value is -1.97. The normalized spacial score (nSPS) is 9.90. The number of nitriles is 1. The van der Waals surface area contributed by atoms with Gasteiger partial charge in [-0.1, -0.05) is 23.4 Å². The van der Waals surface area contributed by atoms with Crippen molar-refractivity contribution in [2.24, 2.45) is 0 Å². The van der Waals surface area contributed by atoms with Crippen molar-refractivity contribution < 1.29 is 9.47 Å². The van der Waals surface area contributed by atoms with E-state index in [9.17, 15) is 0 Å². The maximum atomic E-state index is 9.10. The van der Waals surface area contributed by atoms with Gasteiger partial charge in [-0.3, -0.25) is 0 Å². The van der Waals surface area contributed by atoms with Crippen LogP contribution in [0.2, 0.25) is 5.15 Å². The standard InChI is InChI=1S/C13H10ClN3O2S/c1-18-8-3-5-9(6-4-8)19-12-10(7-15)11(14)16-13(17-12)20-2/h3-6H,1-2H3. The molecule has 0 radical (unpaired) electrons. The molecule has 102 valence electrons. The minimum atomic E-state index is 0.0790. The molecule has 1 heterocycles. The SMILES string of the molecule is COc1ccc(Oc2nc(SC)nc(Cl)c2C#N)cc1. The van der Waals surface area contributed by atoms with Crippen LogP contribution < -0.4 is 9.47 Å². The largest absolute Gasteiger partial charge is 0.497 e. The molecule has 0 aliphatic rings. The second kappa shape index (κ2) is 6.46. The molecule has 0 spiro atoms. The van der Waals surface area contributed by atoms with E-state index in [1.807, 2.05) is 12.3 Å². The van der Waals surface area contributed by atoms with Gasteiger partial charge in [0.15, 0.2) is 15.9 Å². The molecule has 5 nitrogen and oxygen atoms in total. The third-order valence-corrected chi connectivity index (χ3v) is 3.20. The number of aromatic nitrogens is 2. The first-order chi connectivity index (χ1) is 9.67. The van der Waals surface area contributed by atoms with E-state index in [-0.39, 0.29) is 16.6 Å². The first-order valence-corrected chi connectivity index (χ1v) is 7.11. The summed E-state index contributed by atoms with van der Waals surface area (Å²) in [4.78, 5) is 8.14. The zero-order valence-corrected chi connectivity index (χ0v) is 12.3. The number of hydrogen-bond donors (Lipinski definition) is 0. The van der Waals surface area contributed by atoms with Gasteiger partial charge in [-0.15, -0.1) is 0 Å². The third-order valence-electron chi connectivity index (χ3n) is 2.38. The van der Waals surface area contributed by atoms with Crippen molar-refractivity contribution in [1.82, 2.24) is 9.97 Å². The molecular weight excluding hydrogens is 298 g/mol. The van der Waals surface area contributed by atoms with Crippen molar-refractivity contribution in [3.8, 4) is 23.4 Å². The van der Waals surface area contributed by atoms with Gasteiger partial charge < -0.3 is 9.47 Å². The van der Waals surface area contributed by atoms with Crippen LogP contribution in [0.4, 0.5) is 0 Å². The minimum absolute atomic E-state index is 0.0790. The number of rotatable bonds is 4. The predicted molar refractivity (Wildman–Crippen MR) is 76.6 cm³/mol. The quantitative estimate of drug-likeness (QED) is 0.489. The number of benzene rings is 1. The maximum Gasteiger partial charge on any atom is 0.242 e. The van der Waals surface area contributed by atoms with Crippen molar-refractivity contribution in [3.63, 3.8) is 0 Å². The Morgan fingerprint density at radius 2 is 1.85 bits per heavy atom. The van der Waals surface area contributed by atoms with Crippen LogP contribution in [0, 0.1) is 11.3 Å². The molecule has 1 aromatic carbocycles. The Morgan fingerprint density at radius 3 is 2.40 bits per heavy atom. The number of methoxy groups -OCH3 is 1. The second-order valence-corrected chi connectivity index (χ2v) is 4.70. The van der Waals surface area contributed by atoms with Gasteiger partial charge in [0.1, 0.15) is 17.6 Å². The van der Waals surface area contributed by atoms with Gasteiger partial charge >= 0.3 is 0 Å². The zero-order chi connectivity index (χ0) is 14.5. The lowest BCUT2D eigenvalue weighted by molar-refractivity contribution is 0.411. The lowest BCUT2D eigenvalue weighted by atomic mass is 10.3. The molecule has 0 unspecified atom stereocenters. The molecular formula is C13H10ClN3O2S. The molecule has 0 saturated carbocycles. The fraction of sp³-hybridized carbons (Fsp3) is 0.154. The van der Waals surface area contributed by atoms with Gasteiger partial charge in [0, 0.05) is 0 Å². The van der Waals surface area contributed by atoms with E-state index in [1.165, 1.54) is 11.8 Å². The van der Waals surface area contributed by atoms with Gasteiger partial charge in [0.25, 0.3) is 0 Å². The highest BCUT2D eigenvalue weighted by Gasteiger charge is 2.14. The summed E-state index contributed by atoms with van der Waals surface area (Å²) < 4.78 is 10.7. The van der Waals surface area contributed by atoms with Gasteiger partial charge in [-0.25, -0.2) is 4.98 Å². The highest BCUT2D eigenvalue weighted by molar-refractivity contribution is 7.98. The third kappa shape index (κ3) is 3.13. The Bertz CT molecular complexity index is 656. The molecule has 2 aromatic rings. The molecule has 0 aliphatic carbocycles. The summed E-state index contributed by atoms with van der Waals surface area (Å²) in [5, 5.41) is 9.62. The van der Waals surface area contributed by atoms with E-state index in [2.05, 4.69) is 9.97 Å². The van der Waals surface area contributed by atoms with Crippen LogP contribution in [0.25, 0.3) is 0 Å². The molecule has 0 bridgehead atoms. The van der Waals surface area contributed by atoms with Crippen LogP contribution in [0.15, 0.2) is 29.4 Å². The van der Waals surface area contributed by atoms with Crippen LogP contribution in [-0.4, -0.2) is 23.3 Å². The van der Waals surface area contributed by atoms with Crippen LogP contribution in [0.3, 0.4) is 0 Å². The number of nitrogens with zero attached hydrogens (tertiary/aromatic N) is 3. The first-order valence-electron chi connectivity index (χ1n) is 5.51. The van der Waals surface area contributed by atoms with E-state index in [1.54, 1.807) is 31.4 Å². The summed E-state index contributed by atoms with van der Waals surface area (Å²) >= 11 is 7.26. The predicted octanol–water partition coefficient (Wildman–Crippen LogP) is 3.52. The lowest BCUT2D eigenvalue weighted by Crippen LogP contribution is -1.97. The molecule has 1 aromatic heterocycles.